The summed E-state index contributed by atoms with van der Waals surface area (Å²) < 4.78 is 1.79. The average Bonchev–Trinajstić information content (AvgIpc) is 2.92. The molecular formula is C16H12Br2N4OS. The zero-order chi connectivity index (χ0) is 16.8. The number of anilines is 2. The number of rotatable bonds is 1. The maximum Gasteiger partial charge on any atom is 0.269 e. The first-order valence-electron chi connectivity index (χ1n) is 7.29. The van der Waals surface area contributed by atoms with Crippen molar-refractivity contribution in [2.75, 3.05) is 29.9 Å². The number of fused-ring (bicyclic) bond motifs is 2. The van der Waals surface area contributed by atoms with Gasteiger partial charge in [-0.15, -0.1) is 11.3 Å². The molecule has 3 aromatic rings. The number of nitrogens with zero attached hydrogens (tertiary/aromatic N) is 4. The van der Waals surface area contributed by atoms with Crippen LogP contribution in [0.15, 0.2) is 38.6 Å². The molecule has 3 heterocycles. The summed E-state index contributed by atoms with van der Waals surface area (Å²) in [6.45, 7) is 1.31. The van der Waals surface area contributed by atoms with E-state index in [0.717, 1.165) is 31.7 Å². The summed E-state index contributed by atoms with van der Waals surface area (Å²) in [4.78, 5) is 26.8. The van der Waals surface area contributed by atoms with Crippen LogP contribution in [-0.2, 0) is 0 Å². The van der Waals surface area contributed by atoms with Crippen molar-refractivity contribution < 1.29 is 4.79 Å². The van der Waals surface area contributed by atoms with Crippen molar-refractivity contribution in [2.45, 2.75) is 0 Å². The van der Waals surface area contributed by atoms with Crippen molar-refractivity contribution in [3.05, 3.63) is 43.5 Å². The van der Waals surface area contributed by atoms with Gasteiger partial charge in [-0.25, -0.2) is 9.97 Å². The van der Waals surface area contributed by atoms with Crippen LogP contribution in [0.25, 0.3) is 11.0 Å². The van der Waals surface area contributed by atoms with E-state index in [1.165, 1.54) is 11.3 Å². The first-order chi connectivity index (χ1) is 11.5. The Morgan fingerprint density at radius 2 is 1.79 bits per heavy atom. The number of para-hydroxylation sites is 2. The first-order valence-corrected chi connectivity index (χ1v) is 9.69. The number of amides is 1. The van der Waals surface area contributed by atoms with Crippen molar-refractivity contribution in [3.63, 3.8) is 0 Å². The lowest BCUT2D eigenvalue weighted by atomic mass is 10.2. The Morgan fingerprint density at radius 3 is 2.42 bits per heavy atom. The van der Waals surface area contributed by atoms with Gasteiger partial charge >= 0.3 is 0 Å². The maximum atomic E-state index is 13.0. The second kappa shape index (κ2) is 6.09. The largest absolute Gasteiger partial charge is 0.355 e. The Balaban J connectivity index is 1.83. The van der Waals surface area contributed by atoms with E-state index >= 15 is 0 Å². The number of hydrogen-bond donors (Lipinski definition) is 0. The number of halogens is 2. The molecule has 0 aliphatic carbocycles. The Morgan fingerprint density at radius 1 is 1.12 bits per heavy atom. The number of carbonyl (C=O) groups is 1. The van der Waals surface area contributed by atoms with Gasteiger partial charge in [-0.3, -0.25) is 9.69 Å². The molecule has 4 rings (SSSR count). The van der Waals surface area contributed by atoms with Gasteiger partial charge in [-0.1, -0.05) is 12.1 Å². The van der Waals surface area contributed by atoms with Crippen LogP contribution in [-0.4, -0.2) is 36.0 Å². The van der Waals surface area contributed by atoms with Crippen molar-refractivity contribution in [2.24, 2.45) is 0 Å². The molecule has 0 atom stereocenters. The van der Waals surface area contributed by atoms with Crippen LogP contribution >= 0.6 is 43.2 Å². The van der Waals surface area contributed by atoms with Gasteiger partial charge in [0.25, 0.3) is 5.91 Å². The summed E-state index contributed by atoms with van der Waals surface area (Å²) in [5.74, 6) is 1.31. The van der Waals surface area contributed by atoms with Crippen molar-refractivity contribution in [1.29, 1.82) is 0 Å². The predicted octanol–water partition coefficient (Wildman–Crippen LogP) is 4.31. The number of likely N-dealkylation sites (N-methyl/N-ethyl adjacent to an activating group) is 1. The highest BCUT2D eigenvalue weighted by molar-refractivity contribution is 9.13. The second-order valence-electron chi connectivity index (χ2n) is 5.47. The Hall–Kier alpha value is -1.51. The monoisotopic (exact) mass is 466 g/mol. The minimum absolute atomic E-state index is 0.0506. The van der Waals surface area contributed by atoms with Gasteiger partial charge in [0.1, 0.15) is 0 Å². The lowest BCUT2D eigenvalue weighted by molar-refractivity contribution is 0.0989. The number of thiophene rings is 1. The van der Waals surface area contributed by atoms with E-state index in [1.807, 2.05) is 42.3 Å². The summed E-state index contributed by atoms with van der Waals surface area (Å²) in [7, 11) is 1.97. The first kappa shape index (κ1) is 16.0. The number of benzene rings is 1. The van der Waals surface area contributed by atoms with Crippen molar-refractivity contribution in [1.82, 2.24) is 9.97 Å². The summed E-state index contributed by atoms with van der Waals surface area (Å²) in [6, 6.07) is 9.55. The zero-order valence-electron chi connectivity index (χ0n) is 12.7. The van der Waals surface area contributed by atoms with Gasteiger partial charge in [-0.05, 0) is 50.1 Å². The minimum atomic E-state index is -0.0506. The van der Waals surface area contributed by atoms with E-state index in [1.54, 1.807) is 4.90 Å². The summed E-state index contributed by atoms with van der Waals surface area (Å²) in [5, 5.41) is 0. The normalized spacial score (nSPS) is 14.1. The topological polar surface area (TPSA) is 49.3 Å². The maximum absolute atomic E-state index is 13.0. The number of hydrogen-bond acceptors (Lipinski definition) is 5. The zero-order valence-corrected chi connectivity index (χ0v) is 16.7. The third kappa shape index (κ3) is 2.62. The SMILES string of the molecule is CN1CCN(C(=O)c2cc(Br)c(Br)s2)c2nc3ccccc3nc21. The highest BCUT2D eigenvalue weighted by Crippen LogP contribution is 2.36. The molecule has 24 heavy (non-hydrogen) atoms. The van der Waals surface area contributed by atoms with Crippen molar-refractivity contribution in [3.8, 4) is 0 Å². The second-order valence-corrected chi connectivity index (χ2v) is 8.69. The van der Waals surface area contributed by atoms with Crippen LogP contribution in [0.4, 0.5) is 11.6 Å². The smallest absolute Gasteiger partial charge is 0.269 e. The molecule has 1 amide bonds. The third-order valence-electron chi connectivity index (χ3n) is 3.91. The summed E-state index contributed by atoms with van der Waals surface area (Å²) in [6.07, 6.45) is 0. The van der Waals surface area contributed by atoms with Crippen LogP contribution in [0, 0.1) is 0 Å². The summed E-state index contributed by atoms with van der Waals surface area (Å²) >= 11 is 8.30. The Kier molecular flexibility index (Phi) is 4.06. The molecule has 0 bridgehead atoms. The van der Waals surface area contributed by atoms with Gasteiger partial charge in [0.05, 0.1) is 19.7 Å². The van der Waals surface area contributed by atoms with Crippen LogP contribution in [0.3, 0.4) is 0 Å². The van der Waals surface area contributed by atoms with E-state index in [-0.39, 0.29) is 5.91 Å². The summed E-state index contributed by atoms with van der Waals surface area (Å²) in [5.41, 5.74) is 1.62. The van der Waals surface area contributed by atoms with E-state index in [9.17, 15) is 4.79 Å². The molecule has 0 saturated heterocycles. The van der Waals surface area contributed by atoms with Crippen LogP contribution in [0.2, 0.25) is 0 Å². The Bertz CT molecular complexity index is 939. The highest BCUT2D eigenvalue weighted by Gasteiger charge is 2.30. The van der Waals surface area contributed by atoms with E-state index in [2.05, 4.69) is 31.9 Å². The molecule has 122 valence electrons. The van der Waals surface area contributed by atoms with E-state index in [4.69, 9.17) is 9.97 Å². The fraction of sp³-hybridized carbons (Fsp3) is 0.188. The molecule has 1 aliphatic rings. The average molecular weight is 468 g/mol. The van der Waals surface area contributed by atoms with Crippen LogP contribution in [0.5, 0.6) is 0 Å². The molecule has 8 heteroatoms. The van der Waals surface area contributed by atoms with E-state index < -0.39 is 0 Å². The molecule has 0 fully saturated rings. The molecule has 1 aromatic carbocycles. The number of aromatic nitrogens is 2. The molecule has 0 spiro atoms. The molecule has 5 nitrogen and oxygen atoms in total. The van der Waals surface area contributed by atoms with Gasteiger partial charge in [-0.2, -0.15) is 0 Å². The van der Waals surface area contributed by atoms with Crippen LogP contribution < -0.4 is 9.80 Å². The lowest BCUT2D eigenvalue weighted by Gasteiger charge is -2.33. The Labute approximate surface area is 159 Å². The molecule has 1 aliphatic heterocycles. The molecular weight excluding hydrogens is 456 g/mol. The fourth-order valence-electron chi connectivity index (χ4n) is 2.66. The minimum Gasteiger partial charge on any atom is -0.355 e. The van der Waals surface area contributed by atoms with Gasteiger partial charge in [0.15, 0.2) is 11.6 Å². The van der Waals surface area contributed by atoms with Gasteiger partial charge in [0.2, 0.25) is 0 Å². The fourth-order valence-corrected chi connectivity index (χ4v) is 4.65. The van der Waals surface area contributed by atoms with Crippen LogP contribution in [0.1, 0.15) is 9.67 Å². The standard InChI is InChI=1S/C16H12Br2N4OS/c1-21-6-7-22(16(23)12-8-9(17)13(18)24-12)15-14(21)19-10-4-2-3-5-11(10)20-15/h2-5,8H,6-7H2,1H3. The van der Waals surface area contributed by atoms with E-state index in [0.29, 0.717) is 17.2 Å². The molecule has 0 unspecified atom stereocenters. The highest BCUT2D eigenvalue weighted by atomic mass is 79.9. The predicted molar refractivity (Wildman–Crippen MR) is 104 cm³/mol. The quantitative estimate of drug-likeness (QED) is 0.535. The third-order valence-corrected chi connectivity index (χ3v) is 7.16. The van der Waals surface area contributed by atoms with Crippen molar-refractivity contribution >= 4 is 71.8 Å². The van der Waals surface area contributed by atoms with Gasteiger partial charge < -0.3 is 4.90 Å². The molecule has 0 N–H and O–H groups in total. The van der Waals surface area contributed by atoms with Gasteiger partial charge in [0, 0.05) is 24.6 Å². The molecule has 2 aromatic heterocycles. The lowest BCUT2D eigenvalue weighted by Crippen LogP contribution is -2.43. The molecule has 0 saturated carbocycles. The number of carbonyl (C=O) groups excluding carboxylic acids is 1. The molecule has 0 radical (unpaired) electrons.